The van der Waals surface area contributed by atoms with Crippen LogP contribution in [0.15, 0.2) is 40.9 Å². The zero-order chi connectivity index (χ0) is 17.2. The molecule has 0 fully saturated rings. The molecule has 2 rings (SSSR count). The zero-order valence-corrected chi connectivity index (χ0v) is 14.1. The van der Waals surface area contributed by atoms with Gasteiger partial charge in [0.05, 0.1) is 10.6 Å². The van der Waals surface area contributed by atoms with Gasteiger partial charge in [0, 0.05) is 15.8 Å². The maximum absolute atomic E-state index is 12.8. The van der Waals surface area contributed by atoms with E-state index in [2.05, 4.69) is 26.6 Å². The predicted octanol–water partition coefficient (Wildman–Crippen LogP) is 6.07. The first-order chi connectivity index (χ1) is 10.7. The smallest absolute Gasteiger partial charge is 0.308 e. The molecule has 0 aromatic heterocycles. The van der Waals surface area contributed by atoms with E-state index in [-0.39, 0.29) is 5.69 Å². The average molecular weight is 408 g/mol. The van der Waals surface area contributed by atoms with Crippen molar-refractivity contribution >= 4 is 44.9 Å². The average Bonchev–Trinajstić information content (AvgIpc) is 2.43. The van der Waals surface area contributed by atoms with Crippen molar-refractivity contribution in [3.63, 3.8) is 0 Å². The Morgan fingerprint density at radius 2 is 1.83 bits per heavy atom. The van der Waals surface area contributed by atoms with Gasteiger partial charge < -0.3 is 10.6 Å². The van der Waals surface area contributed by atoms with E-state index < -0.39 is 22.8 Å². The summed E-state index contributed by atoms with van der Waals surface area (Å²) in [5.41, 5.74) is 0.350. The van der Waals surface area contributed by atoms with Gasteiger partial charge in [-0.25, -0.2) is 4.79 Å². The summed E-state index contributed by atoms with van der Waals surface area (Å²) in [5, 5.41) is 4.50. The number of benzene rings is 2. The van der Waals surface area contributed by atoms with Crippen molar-refractivity contribution in [2.45, 2.75) is 13.1 Å². The second-order valence-corrected chi connectivity index (χ2v) is 6.05. The number of alkyl halides is 3. The van der Waals surface area contributed by atoms with Gasteiger partial charge in [0.15, 0.2) is 0 Å². The van der Waals surface area contributed by atoms with Gasteiger partial charge in [-0.15, -0.1) is 0 Å². The first-order valence-electron chi connectivity index (χ1n) is 6.38. The van der Waals surface area contributed by atoms with Crippen LogP contribution >= 0.6 is 27.5 Å². The summed E-state index contributed by atoms with van der Waals surface area (Å²) < 4.78 is 39.2. The molecule has 8 heteroatoms. The molecule has 0 atom stereocenters. The van der Waals surface area contributed by atoms with E-state index in [0.29, 0.717) is 5.69 Å². The fourth-order valence-corrected chi connectivity index (χ4v) is 2.57. The molecule has 122 valence electrons. The largest absolute Gasteiger partial charge is 0.417 e. The zero-order valence-electron chi connectivity index (χ0n) is 11.8. The molecule has 2 amide bonds. The molecular formula is C15H11BrClF3N2O. The van der Waals surface area contributed by atoms with Crippen molar-refractivity contribution in [3.8, 4) is 0 Å². The number of rotatable bonds is 2. The number of nitrogens with one attached hydrogen (secondary N) is 2. The quantitative estimate of drug-likeness (QED) is 0.623. The van der Waals surface area contributed by atoms with Crippen LogP contribution in [0.3, 0.4) is 0 Å². The molecule has 0 radical (unpaired) electrons. The van der Waals surface area contributed by atoms with Crippen LogP contribution in [0.2, 0.25) is 5.02 Å². The Labute approximate surface area is 144 Å². The maximum atomic E-state index is 12.8. The summed E-state index contributed by atoms with van der Waals surface area (Å²) in [4.78, 5) is 11.9. The van der Waals surface area contributed by atoms with Crippen LogP contribution in [0.5, 0.6) is 0 Å². The Morgan fingerprint density at radius 3 is 2.43 bits per heavy atom. The van der Waals surface area contributed by atoms with Gasteiger partial charge in [-0.05, 0) is 48.9 Å². The number of halogens is 5. The normalized spacial score (nSPS) is 11.2. The molecule has 2 aromatic carbocycles. The van der Waals surface area contributed by atoms with Gasteiger partial charge in [-0.2, -0.15) is 13.2 Å². The molecule has 0 spiro atoms. The number of anilines is 2. The van der Waals surface area contributed by atoms with E-state index in [9.17, 15) is 18.0 Å². The Balaban J connectivity index is 2.14. The first-order valence-corrected chi connectivity index (χ1v) is 7.55. The van der Waals surface area contributed by atoms with Gasteiger partial charge in [0.1, 0.15) is 0 Å². The van der Waals surface area contributed by atoms with Crippen LogP contribution < -0.4 is 10.6 Å². The molecule has 0 aliphatic rings. The first kappa shape index (κ1) is 17.6. The van der Waals surface area contributed by atoms with Crippen molar-refractivity contribution in [1.29, 1.82) is 0 Å². The summed E-state index contributed by atoms with van der Waals surface area (Å²) in [6.07, 6.45) is -4.59. The van der Waals surface area contributed by atoms with Crippen LogP contribution in [0.4, 0.5) is 29.3 Å². The summed E-state index contributed by atoms with van der Waals surface area (Å²) in [6.45, 7) is 1.80. The highest BCUT2D eigenvalue weighted by Crippen LogP contribution is 2.36. The number of hydrogen-bond donors (Lipinski definition) is 2. The SMILES string of the molecule is Cc1cc(Br)ccc1NC(=O)Nc1ccc(Cl)c(C(F)(F)F)c1. The highest BCUT2D eigenvalue weighted by Gasteiger charge is 2.33. The second kappa shape index (κ2) is 6.80. The van der Waals surface area contributed by atoms with E-state index in [1.807, 2.05) is 0 Å². The lowest BCUT2D eigenvalue weighted by molar-refractivity contribution is -0.137. The third kappa shape index (κ3) is 4.62. The Hall–Kier alpha value is -1.73. The van der Waals surface area contributed by atoms with Gasteiger partial charge in [0.2, 0.25) is 0 Å². The molecule has 0 heterocycles. The molecular weight excluding hydrogens is 397 g/mol. The van der Waals surface area contributed by atoms with Crippen LogP contribution in [-0.2, 0) is 6.18 Å². The standard InChI is InChI=1S/C15H11BrClF3N2O/c1-8-6-9(16)2-5-13(8)22-14(23)21-10-3-4-12(17)11(7-10)15(18,19)20/h2-7H,1H3,(H2,21,22,23). The minimum Gasteiger partial charge on any atom is -0.308 e. The third-order valence-electron chi connectivity index (χ3n) is 2.97. The van der Waals surface area contributed by atoms with Crippen molar-refractivity contribution in [1.82, 2.24) is 0 Å². The molecule has 2 aromatic rings. The second-order valence-electron chi connectivity index (χ2n) is 4.73. The summed E-state index contributed by atoms with van der Waals surface area (Å²) in [5.74, 6) is 0. The minimum atomic E-state index is -4.59. The fourth-order valence-electron chi connectivity index (χ4n) is 1.87. The molecule has 0 aliphatic heterocycles. The van der Waals surface area contributed by atoms with E-state index in [4.69, 9.17) is 11.6 Å². The Kier molecular flexibility index (Phi) is 5.21. The van der Waals surface area contributed by atoms with Crippen LogP contribution in [-0.4, -0.2) is 6.03 Å². The van der Waals surface area contributed by atoms with Crippen molar-refractivity contribution in [3.05, 3.63) is 57.0 Å². The van der Waals surface area contributed by atoms with Gasteiger partial charge in [-0.3, -0.25) is 0 Å². The minimum absolute atomic E-state index is 0.00557. The number of urea groups is 1. The van der Waals surface area contributed by atoms with Gasteiger partial charge in [0.25, 0.3) is 0 Å². The van der Waals surface area contributed by atoms with E-state index in [1.165, 1.54) is 6.07 Å². The summed E-state index contributed by atoms with van der Waals surface area (Å²) >= 11 is 8.83. The van der Waals surface area contributed by atoms with Crippen molar-refractivity contribution < 1.29 is 18.0 Å². The molecule has 23 heavy (non-hydrogen) atoms. The number of aryl methyl sites for hydroxylation is 1. The van der Waals surface area contributed by atoms with Crippen LogP contribution in [0, 0.1) is 6.92 Å². The van der Waals surface area contributed by atoms with Gasteiger partial charge in [-0.1, -0.05) is 27.5 Å². The summed E-state index contributed by atoms with van der Waals surface area (Å²) in [7, 11) is 0. The molecule has 0 saturated heterocycles. The monoisotopic (exact) mass is 406 g/mol. The van der Waals surface area contributed by atoms with E-state index >= 15 is 0 Å². The molecule has 0 unspecified atom stereocenters. The predicted molar refractivity (Wildman–Crippen MR) is 88.0 cm³/mol. The number of amides is 2. The Bertz CT molecular complexity index is 750. The van der Waals surface area contributed by atoms with Crippen molar-refractivity contribution in [2.75, 3.05) is 10.6 Å². The number of carbonyl (C=O) groups is 1. The molecule has 3 nitrogen and oxygen atoms in total. The molecule has 0 aliphatic carbocycles. The highest BCUT2D eigenvalue weighted by atomic mass is 79.9. The lowest BCUT2D eigenvalue weighted by Gasteiger charge is -2.13. The molecule has 0 bridgehead atoms. The highest BCUT2D eigenvalue weighted by molar-refractivity contribution is 9.10. The number of hydrogen-bond acceptors (Lipinski definition) is 1. The Morgan fingerprint density at radius 1 is 1.13 bits per heavy atom. The van der Waals surface area contributed by atoms with E-state index in [1.54, 1.807) is 25.1 Å². The number of carbonyl (C=O) groups excluding carboxylic acids is 1. The molecule has 0 saturated carbocycles. The maximum Gasteiger partial charge on any atom is 0.417 e. The van der Waals surface area contributed by atoms with Crippen LogP contribution in [0.1, 0.15) is 11.1 Å². The van der Waals surface area contributed by atoms with Crippen molar-refractivity contribution in [2.24, 2.45) is 0 Å². The van der Waals surface area contributed by atoms with Gasteiger partial charge >= 0.3 is 12.2 Å². The van der Waals surface area contributed by atoms with E-state index in [0.717, 1.165) is 22.2 Å². The third-order valence-corrected chi connectivity index (χ3v) is 3.79. The molecule has 2 N–H and O–H groups in total. The summed E-state index contributed by atoms with van der Waals surface area (Å²) in [6, 6.07) is 7.76. The lowest BCUT2D eigenvalue weighted by Crippen LogP contribution is -2.20. The fraction of sp³-hybridized carbons (Fsp3) is 0.133. The lowest BCUT2D eigenvalue weighted by atomic mass is 10.2. The van der Waals surface area contributed by atoms with Crippen LogP contribution in [0.25, 0.3) is 0 Å². The topological polar surface area (TPSA) is 41.1 Å².